The van der Waals surface area contributed by atoms with E-state index in [1.54, 1.807) is 11.1 Å². The van der Waals surface area contributed by atoms with Crippen molar-refractivity contribution in [1.29, 1.82) is 0 Å². The van der Waals surface area contributed by atoms with E-state index in [2.05, 4.69) is 167 Å². The van der Waals surface area contributed by atoms with E-state index in [1.807, 2.05) is 0 Å². The van der Waals surface area contributed by atoms with Crippen LogP contribution in [0, 0.1) is 23.7 Å². The van der Waals surface area contributed by atoms with Gasteiger partial charge in [-0.3, -0.25) is 0 Å². The van der Waals surface area contributed by atoms with Gasteiger partial charge < -0.3 is 4.90 Å². The Kier molecular flexibility index (Phi) is 6.69. The third-order valence-electron chi connectivity index (χ3n) is 15.3. The molecule has 0 aliphatic heterocycles. The van der Waals surface area contributed by atoms with E-state index < -0.39 is 0 Å². The summed E-state index contributed by atoms with van der Waals surface area (Å²) in [6.07, 6.45) is 13.6. The van der Waals surface area contributed by atoms with E-state index in [9.17, 15) is 0 Å². The zero-order valence-electron chi connectivity index (χ0n) is 32.5. The van der Waals surface area contributed by atoms with Gasteiger partial charge in [-0.25, -0.2) is 0 Å². The van der Waals surface area contributed by atoms with Crippen molar-refractivity contribution >= 4 is 22.6 Å². The molecule has 4 saturated carbocycles. The second-order valence-corrected chi connectivity index (χ2v) is 18.6. The molecule has 0 saturated heterocycles. The average Bonchev–Trinajstić information content (AvgIpc) is 3.67. The summed E-state index contributed by atoms with van der Waals surface area (Å²) in [6, 6.07) is 40.6. The number of anilines is 3. The van der Waals surface area contributed by atoms with E-state index in [4.69, 9.17) is 0 Å². The molecule has 268 valence electrons. The van der Waals surface area contributed by atoms with E-state index in [0.29, 0.717) is 0 Å². The van der Waals surface area contributed by atoms with Gasteiger partial charge in [-0.05, 0) is 166 Å². The van der Waals surface area contributed by atoms with Crippen molar-refractivity contribution < 1.29 is 0 Å². The maximum atomic E-state index is 4.29. The molecule has 0 N–H and O–H groups in total. The molecule has 5 aromatic rings. The first-order valence-corrected chi connectivity index (χ1v) is 20.6. The summed E-state index contributed by atoms with van der Waals surface area (Å²) >= 11 is 0. The summed E-state index contributed by atoms with van der Waals surface area (Å²) in [5.74, 6) is 3.30. The third kappa shape index (κ3) is 4.06. The van der Waals surface area contributed by atoms with Crippen LogP contribution in [0.4, 0.5) is 17.1 Å². The van der Waals surface area contributed by atoms with E-state index in [0.717, 1.165) is 23.7 Å². The van der Waals surface area contributed by atoms with Crippen LogP contribution in [0.3, 0.4) is 0 Å². The zero-order chi connectivity index (χ0) is 36.7. The van der Waals surface area contributed by atoms with Crippen LogP contribution in [-0.2, 0) is 16.2 Å². The summed E-state index contributed by atoms with van der Waals surface area (Å²) in [6.45, 7) is 15.9. The van der Waals surface area contributed by atoms with Crippen LogP contribution < -0.4 is 4.90 Å². The van der Waals surface area contributed by atoms with Gasteiger partial charge in [-0.2, -0.15) is 0 Å². The van der Waals surface area contributed by atoms with Gasteiger partial charge in [0.15, 0.2) is 0 Å². The molecule has 0 amide bonds. The van der Waals surface area contributed by atoms with Crippen LogP contribution in [0.2, 0.25) is 0 Å². The molecule has 12 rings (SSSR count). The zero-order valence-corrected chi connectivity index (χ0v) is 32.5. The quantitative estimate of drug-likeness (QED) is 0.176. The first kappa shape index (κ1) is 32.5. The van der Waals surface area contributed by atoms with Crippen LogP contribution >= 0.6 is 0 Å². The monoisotopic (exact) mass is 701 g/mol. The standard InChI is InChI=1S/C53H51N/c1-7-13-39-44-29-36(20-23-47(44)51(3,4)45(39)8-2)54(37-18-21-42-40-14-9-11-16-46(40)52(5,6)49(42)30-37)38-19-22-43-41-15-10-12-17-48(41)53(50(43)31-38)34-25-32-24-33(27-34)28-35(53)26-32/h7-23,29-35H,2,24-28H2,1,3-6H3/b13-7-. The highest BCUT2D eigenvalue weighted by molar-refractivity contribution is 5.92. The number of rotatable bonds is 5. The highest BCUT2D eigenvalue weighted by Gasteiger charge is 2.61. The second kappa shape index (κ2) is 11.1. The van der Waals surface area contributed by atoms with Crippen LogP contribution in [0.15, 0.2) is 134 Å². The summed E-state index contributed by atoms with van der Waals surface area (Å²) in [5, 5.41) is 0. The number of hydrogen-bond acceptors (Lipinski definition) is 1. The number of fused-ring (bicyclic) bond motifs is 7. The van der Waals surface area contributed by atoms with Crippen molar-refractivity contribution in [3.05, 3.63) is 167 Å². The van der Waals surface area contributed by atoms with E-state index >= 15 is 0 Å². The Balaban J connectivity index is 1.14. The fourth-order valence-corrected chi connectivity index (χ4v) is 13.3. The number of benzene rings is 5. The van der Waals surface area contributed by atoms with Gasteiger partial charge in [0.1, 0.15) is 0 Å². The second-order valence-electron chi connectivity index (χ2n) is 18.6. The average molecular weight is 702 g/mol. The van der Waals surface area contributed by atoms with Crippen LogP contribution in [0.1, 0.15) is 100 Å². The van der Waals surface area contributed by atoms with Crippen molar-refractivity contribution in [2.24, 2.45) is 23.7 Å². The van der Waals surface area contributed by atoms with Crippen LogP contribution in [0.5, 0.6) is 0 Å². The van der Waals surface area contributed by atoms with Crippen molar-refractivity contribution in [3.63, 3.8) is 0 Å². The molecule has 4 bridgehead atoms. The predicted molar refractivity (Wildman–Crippen MR) is 227 cm³/mol. The lowest BCUT2D eigenvalue weighted by Crippen LogP contribution is -2.55. The molecule has 4 fully saturated rings. The summed E-state index contributed by atoms with van der Waals surface area (Å²) in [7, 11) is 0. The Morgan fingerprint density at radius 1 is 0.537 bits per heavy atom. The van der Waals surface area contributed by atoms with Gasteiger partial charge in [0.05, 0.1) is 0 Å². The van der Waals surface area contributed by atoms with Crippen molar-refractivity contribution in [2.45, 2.75) is 83.0 Å². The highest BCUT2D eigenvalue weighted by Crippen LogP contribution is 2.69. The van der Waals surface area contributed by atoms with Crippen molar-refractivity contribution in [1.82, 2.24) is 0 Å². The molecule has 1 nitrogen and oxygen atoms in total. The molecular weight excluding hydrogens is 651 g/mol. The minimum Gasteiger partial charge on any atom is -0.310 e. The molecule has 0 aromatic heterocycles. The van der Waals surface area contributed by atoms with Gasteiger partial charge in [0.25, 0.3) is 0 Å². The molecule has 0 unspecified atom stereocenters. The van der Waals surface area contributed by atoms with E-state index in [-0.39, 0.29) is 16.2 Å². The highest BCUT2D eigenvalue weighted by atomic mass is 15.1. The third-order valence-corrected chi connectivity index (χ3v) is 15.3. The number of allylic oxidation sites excluding steroid dienone is 5. The Bertz CT molecular complexity index is 2470. The molecule has 1 heteroatoms. The lowest BCUT2D eigenvalue weighted by Gasteiger charge is -2.61. The van der Waals surface area contributed by atoms with E-state index in [1.165, 1.54) is 105 Å². The number of nitrogens with zero attached hydrogens (tertiary/aromatic N) is 1. The smallest absolute Gasteiger partial charge is 0.0468 e. The molecule has 0 atom stereocenters. The van der Waals surface area contributed by atoms with Gasteiger partial charge in [0.2, 0.25) is 0 Å². The molecule has 7 aliphatic carbocycles. The molecule has 1 spiro atoms. The Labute approximate surface area is 322 Å². The first-order valence-electron chi connectivity index (χ1n) is 20.6. The topological polar surface area (TPSA) is 3.24 Å². The van der Waals surface area contributed by atoms with Gasteiger partial charge in [0, 0.05) is 33.3 Å². The van der Waals surface area contributed by atoms with Gasteiger partial charge in [-0.15, -0.1) is 0 Å². The van der Waals surface area contributed by atoms with Gasteiger partial charge in [-0.1, -0.05) is 119 Å². The maximum Gasteiger partial charge on any atom is 0.0468 e. The largest absolute Gasteiger partial charge is 0.310 e. The minimum atomic E-state index is -0.107. The van der Waals surface area contributed by atoms with Crippen LogP contribution in [0.25, 0.3) is 27.8 Å². The lowest BCUT2D eigenvalue weighted by molar-refractivity contribution is -0.0399. The molecule has 5 aromatic carbocycles. The normalized spacial score (nSPS) is 26.9. The minimum absolute atomic E-state index is 0.0831. The van der Waals surface area contributed by atoms with Crippen molar-refractivity contribution in [3.8, 4) is 22.3 Å². The van der Waals surface area contributed by atoms with Crippen LogP contribution in [-0.4, -0.2) is 0 Å². The Morgan fingerprint density at radius 3 is 1.70 bits per heavy atom. The number of hydrogen-bond donors (Lipinski definition) is 0. The molecular formula is C53H51N. The maximum absolute atomic E-state index is 4.29. The fourth-order valence-electron chi connectivity index (χ4n) is 13.3. The molecule has 7 aliphatic rings. The summed E-state index contributed by atoms with van der Waals surface area (Å²) in [5.41, 5.74) is 20.6. The summed E-state index contributed by atoms with van der Waals surface area (Å²) in [4.78, 5) is 2.58. The SMILES string of the molecule is C=CC1=C(/C=C\C)c2cc(N(c3ccc4c(c3)C(C)(C)c3ccccc3-4)c3ccc4c(c3)C3(c5ccccc5-4)C4CC5CC(C4)CC3C5)ccc2C1(C)C. The fraction of sp³-hybridized carbons (Fsp3) is 0.321. The van der Waals surface area contributed by atoms with Gasteiger partial charge >= 0.3 is 0 Å². The van der Waals surface area contributed by atoms with Crippen molar-refractivity contribution in [2.75, 3.05) is 4.90 Å². The molecule has 0 radical (unpaired) electrons. The Hall–Kier alpha value is -4.88. The summed E-state index contributed by atoms with van der Waals surface area (Å²) < 4.78 is 0. The first-order chi connectivity index (χ1) is 26.2. The Morgan fingerprint density at radius 2 is 1.06 bits per heavy atom. The molecule has 54 heavy (non-hydrogen) atoms. The molecule has 0 heterocycles. The lowest BCUT2D eigenvalue weighted by atomic mass is 9.43. The predicted octanol–water partition coefficient (Wildman–Crippen LogP) is 14.0.